The van der Waals surface area contributed by atoms with Crippen LogP contribution in [0.1, 0.15) is 20.8 Å². The van der Waals surface area contributed by atoms with Gasteiger partial charge in [0, 0.05) is 12.2 Å². The van der Waals surface area contributed by atoms with Crippen molar-refractivity contribution in [2.45, 2.75) is 26.0 Å². The van der Waals surface area contributed by atoms with E-state index in [1.807, 2.05) is 0 Å². The van der Waals surface area contributed by atoms with Gasteiger partial charge in [-0.15, -0.1) is 0 Å². The number of carboxylic acids is 1. The van der Waals surface area contributed by atoms with Crippen LogP contribution in [0, 0.1) is 5.92 Å². The van der Waals surface area contributed by atoms with Crippen LogP contribution in [0.4, 0.5) is 0 Å². The fraction of sp³-hybridized carbons (Fsp3) is 0.714. The molecule has 0 rings (SSSR count). The number of aliphatic carboxylic acids is 1. The predicted octanol–water partition coefficient (Wildman–Crippen LogP) is -4.62. The quantitative estimate of drug-likeness (QED) is 0.421. The predicted molar refractivity (Wildman–Crippen MR) is 44.5 cm³/mol. The number of thioether (sulfide) groups is 1. The van der Waals surface area contributed by atoms with Crippen molar-refractivity contribution in [1.82, 2.24) is 0 Å². The van der Waals surface area contributed by atoms with E-state index in [0.717, 1.165) is 11.8 Å². The number of carbonyl (C=O) groups excluding carboxylic acids is 1. The van der Waals surface area contributed by atoms with E-state index in [4.69, 9.17) is 5.11 Å². The number of hydrogen-bond acceptors (Lipinski definition) is 3. The molecular weight excluding hydrogens is 298 g/mol. The standard InChI is InChI=1S/C7H12O3S.HI.Li/c1-4(7(9)10)5(2)11-6(3)8;;/h4-5H,1-3H3,(H,9,10);1H;/q;;+1/p-1/t4-,5+;;/m1../s1. The van der Waals surface area contributed by atoms with E-state index in [0.29, 0.717) is 0 Å². The van der Waals surface area contributed by atoms with Gasteiger partial charge in [-0.1, -0.05) is 25.6 Å². The van der Waals surface area contributed by atoms with Crippen molar-refractivity contribution in [2.24, 2.45) is 5.92 Å². The summed E-state index contributed by atoms with van der Waals surface area (Å²) in [6.45, 7) is 4.78. The molecule has 0 bridgehead atoms. The van der Waals surface area contributed by atoms with Crippen molar-refractivity contribution in [3.8, 4) is 0 Å². The van der Waals surface area contributed by atoms with E-state index in [2.05, 4.69) is 0 Å². The molecule has 0 aliphatic rings. The van der Waals surface area contributed by atoms with Crippen molar-refractivity contribution in [2.75, 3.05) is 0 Å². The SMILES string of the molecule is CC(=O)S[C@@H](C)[C@@H](C)C(=O)O.[I-].[Li+]. The van der Waals surface area contributed by atoms with Gasteiger partial charge in [-0.2, -0.15) is 0 Å². The molecule has 0 saturated carbocycles. The molecule has 13 heavy (non-hydrogen) atoms. The Bertz CT molecular complexity index is 177. The van der Waals surface area contributed by atoms with Gasteiger partial charge in [0.05, 0.1) is 5.92 Å². The largest absolute Gasteiger partial charge is 1.00 e. The van der Waals surface area contributed by atoms with E-state index >= 15 is 0 Å². The fourth-order valence-corrected chi connectivity index (χ4v) is 1.41. The van der Waals surface area contributed by atoms with Crippen LogP contribution in [-0.2, 0) is 9.59 Å². The van der Waals surface area contributed by atoms with Crippen molar-refractivity contribution < 1.29 is 57.5 Å². The average molecular weight is 310 g/mol. The number of carboxylic acid groups (broad SMARTS) is 1. The third-order valence-electron chi connectivity index (χ3n) is 1.45. The molecule has 0 heterocycles. The van der Waals surface area contributed by atoms with Crippen molar-refractivity contribution in [3.05, 3.63) is 0 Å². The molecule has 0 fully saturated rings. The maximum atomic E-state index is 10.6. The van der Waals surface area contributed by atoms with Gasteiger partial charge >= 0.3 is 24.8 Å². The van der Waals surface area contributed by atoms with Crippen LogP contribution in [0.3, 0.4) is 0 Å². The van der Waals surface area contributed by atoms with E-state index in [1.165, 1.54) is 6.92 Å². The monoisotopic (exact) mass is 310 g/mol. The minimum absolute atomic E-state index is 0. The summed E-state index contributed by atoms with van der Waals surface area (Å²) in [5.41, 5.74) is 0. The molecule has 0 radical (unpaired) electrons. The van der Waals surface area contributed by atoms with Crippen LogP contribution in [0.2, 0.25) is 0 Å². The van der Waals surface area contributed by atoms with Crippen molar-refractivity contribution in [3.63, 3.8) is 0 Å². The summed E-state index contributed by atoms with van der Waals surface area (Å²) in [5, 5.41) is 8.36. The molecule has 3 nitrogen and oxygen atoms in total. The summed E-state index contributed by atoms with van der Waals surface area (Å²) < 4.78 is 0. The molecule has 0 aromatic carbocycles. The minimum atomic E-state index is -0.855. The topological polar surface area (TPSA) is 54.4 Å². The zero-order valence-electron chi connectivity index (χ0n) is 8.20. The first-order chi connectivity index (χ1) is 4.95. The Kier molecular flexibility index (Phi) is 14.0. The van der Waals surface area contributed by atoms with Crippen LogP contribution in [0.5, 0.6) is 0 Å². The first-order valence-corrected chi connectivity index (χ1v) is 4.23. The normalized spacial score (nSPS) is 13.2. The molecule has 0 aliphatic carbocycles. The molecule has 72 valence electrons. The van der Waals surface area contributed by atoms with Crippen LogP contribution in [0.25, 0.3) is 0 Å². The molecule has 0 unspecified atom stereocenters. The zero-order valence-corrected chi connectivity index (χ0v) is 11.2. The fourth-order valence-electron chi connectivity index (χ4n) is 0.565. The Balaban J connectivity index is -0.000000500. The Morgan fingerprint density at radius 1 is 1.31 bits per heavy atom. The van der Waals surface area contributed by atoms with Crippen LogP contribution in [-0.4, -0.2) is 21.4 Å². The third-order valence-corrected chi connectivity index (χ3v) is 2.56. The third kappa shape index (κ3) is 9.13. The Hall–Kier alpha value is 0.817. The maximum absolute atomic E-state index is 10.6. The number of rotatable bonds is 3. The Morgan fingerprint density at radius 2 is 1.69 bits per heavy atom. The van der Waals surface area contributed by atoms with Gasteiger partial charge in [0.15, 0.2) is 5.12 Å². The van der Waals surface area contributed by atoms with Crippen LogP contribution in [0.15, 0.2) is 0 Å². The van der Waals surface area contributed by atoms with Gasteiger partial charge in [-0.3, -0.25) is 9.59 Å². The Morgan fingerprint density at radius 3 is 1.92 bits per heavy atom. The number of carbonyl (C=O) groups is 2. The molecule has 0 spiro atoms. The minimum Gasteiger partial charge on any atom is -1.00 e. The molecule has 1 N–H and O–H groups in total. The molecule has 2 atom stereocenters. The van der Waals surface area contributed by atoms with E-state index < -0.39 is 11.9 Å². The summed E-state index contributed by atoms with van der Waals surface area (Å²) in [6, 6.07) is 0. The van der Waals surface area contributed by atoms with Crippen LogP contribution >= 0.6 is 11.8 Å². The molecule has 0 aromatic heterocycles. The average Bonchev–Trinajstić information content (AvgIpc) is 1.84. The second-order valence-corrected chi connectivity index (χ2v) is 4.00. The van der Waals surface area contributed by atoms with Crippen molar-refractivity contribution in [1.29, 1.82) is 0 Å². The second-order valence-electron chi connectivity index (χ2n) is 2.44. The zero-order chi connectivity index (χ0) is 9.02. The molecule has 0 aromatic rings. The van der Waals surface area contributed by atoms with Gasteiger partial charge in [-0.25, -0.2) is 0 Å². The molecule has 6 heteroatoms. The van der Waals surface area contributed by atoms with E-state index in [9.17, 15) is 9.59 Å². The van der Waals surface area contributed by atoms with Gasteiger partial charge in [0.1, 0.15) is 0 Å². The van der Waals surface area contributed by atoms with Crippen molar-refractivity contribution >= 4 is 22.8 Å². The van der Waals surface area contributed by atoms with Gasteiger partial charge in [-0.05, 0) is 0 Å². The Labute approximate surface area is 112 Å². The first-order valence-electron chi connectivity index (χ1n) is 3.35. The molecular formula is C7H12ILiO3S. The first kappa shape index (κ1) is 19.4. The van der Waals surface area contributed by atoms with Crippen LogP contribution < -0.4 is 42.8 Å². The smallest absolute Gasteiger partial charge is 1.00 e. The van der Waals surface area contributed by atoms with Gasteiger partial charge in [0.25, 0.3) is 0 Å². The number of hydrogen-bond donors (Lipinski definition) is 1. The van der Waals surface area contributed by atoms with E-state index in [1.54, 1.807) is 13.8 Å². The summed E-state index contributed by atoms with van der Waals surface area (Å²) in [4.78, 5) is 20.9. The molecule has 0 amide bonds. The summed E-state index contributed by atoms with van der Waals surface area (Å²) in [6.07, 6.45) is 0. The molecule has 0 aliphatic heterocycles. The molecule has 0 saturated heterocycles. The van der Waals surface area contributed by atoms with Gasteiger partial charge < -0.3 is 29.1 Å². The van der Waals surface area contributed by atoms with E-state index in [-0.39, 0.29) is 53.2 Å². The summed E-state index contributed by atoms with van der Waals surface area (Å²) >= 11 is 1.07. The number of halogens is 1. The summed E-state index contributed by atoms with van der Waals surface area (Å²) in [5.74, 6) is -1.32. The summed E-state index contributed by atoms with van der Waals surface area (Å²) in [7, 11) is 0. The maximum Gasteiger partial charge on any atom is 1.00 e. The second kappa shape index (κ2) is 9.38. The van der Waals surface area contributed by atoms with Gasteiger partial charge in [0.2, 0.25) is 0 Å².